The van der Waals surface area contributed by atoms with Gasteiger partial charge in [0, 0.05) is 16.1 Å². The number of nitrogen functional groups attached to an aromatic ring is 1. The van der Waals surface area contributed by atoms with Crippen molar-refractivity contribution in [2.75, 3.05) is 5.73 Å². The third kappa shape index (κ3) is 2.49. The minimum Gasteiger partial charge on any atom is -0.382 e. The van der Waals surface area contributed by atoms with Gasteiger partial charge < -0.3 is 5.73 Å². The second kappa shape index (κ2) is 5.31. The van der Waals surface area contributed by atoms with Crippen LogP contribution < -0.4 is 5.73 Å². The Labute approximate surface area is 122 Å². The normalized spacial score (nSPS) is 10.4. The molecule has 2 N–H and O–H groups in total. The summed E-state index contributed by atoms with van der Waals surface area (Å²) in [5, 5.41) is 8.89. The number of anilines is 1. The highest BCUT2D eigenvalue weighted by Crippen LogP contribution is 2.28. The van der Waals surface area contributed by atoms with E-state index in [1.54, 1.807) is 0 Å². The van der Waals surface area contributed by atoms with Gasteiger partial charge in [-0.2, -0.15) is 0 Å². The molecular weight excluding hydrogens is 270 g/mol. The topological polar surface area (TPSA) is 51.8 Å². The summed E-state index contributed by atoms with van der Waals surface area (Å²) in [7, 11) is 0. The van der Waals surface area contributed by atoms with Crippen LogP contribution in [-0.2, 0) is 0 Å². The zero-order valence-electron chi connectivity index (χ0n) is 10.6. The monoisotopic (exact) mass is 281 g/mol. The van der Waals surface area contributed by atoms with E-state index in [2.05, 4.69) is 10.2 Å². The first-order valence-electron chi connectivity index (χ1n) is 6.18. The average molecular weight is 282 g/mol. The summed E-state index contributed by atoms with van der Waals surface area (Å²) < 4.78 is 0. The fraction of sp³-hybridized carbons (Fsp3) is 0. The average Bonchev–Trinajstić information content (AvgIpc) is 2.50. The Morgan fingerprint density at radius 1 is 0.800 bits per heavy atom. The largest absolute Gasteiger partial charge is 0.382 e. The Balaban J connectivity index is 2.10. The van der Waals surface area contributed by atoms with E-state index >= 15 is 0 Å². The van der Waals surface area contributed by atoms with Crippen molar-refractivity contribution in [3.63, 3.8) is 0 Å². The van der Waals surface area contributed by atoms with Crippen LogP contribution in [0.1, 0.15) is 0 Å². The standard InChI is InChI=1S/C16H12ClN3/c17-13-8-6-11(7-9-13)14-10-15(19-20-16(14)18)12-4-2-1-3-5-12/h1-10H,(H2,18,20). The summed E-state index contributed by atoms with van der Waals surface area (Å²) >= 11 is 5.91. The SMILES string of the molecule is Nc1nnc(-c2ccccc2)cc1-c1ccc(Cl)cc1. The summed E-state index contributed by atoms with van der Waals surface area (Å²) in [6.07, 6.45) is 0. The number of benzene rings is 2. The molecule has 1 aromatic heterocycles. The van der Waals surface area contributed by atoms with Crippen molar-refractivity contribution < 1.29 is 0 Å². The van der Waals surface area contributed by atoms with E-state index in [0.717, 1.165) is 22.4 Å². The first-order valence-corrected chi connectivity index (χ1v) is 6.56. The van der Waals surface area contributed by atoms with Gasteiger partial charge in [0.2, 0.25) is 0 Å². The lowest BCUT2D eigenvalue weighted by Gasteiger charge is -2.07. The van der Waals surface area contributed by atoms with Gasteiger partial charge in [0.15, 0.2) is 5.82 Å². The molecule has 0 bridgehead atoms. The van der Waals surface area contributed by atoms with Crippen molar-refractivity contribution in [3.8, 4) is 22.4 Å². The second-order valence-electron chi connectivity index (χ2n) is 4.40. The predicted octanol–water partition coefficient (Wildman–Crippen LogP) is 4.05. The van der Waals surface area contributed by atoms with E-state index in [-0.39, 0.29) is 0 Å². The quantitative estimate of drug-likeness (QED) is 0.771. The molecule has 0 saturated carbocycles. The maximum Gasteiger partial charge on any atom is 0.154 e. The van der Waals surface area contributed by atoms with E-state index in [1.165, 1.54) is 0 Å². The highest BCUT2D eigenvalue weighted by molar-refractivity contribution is 6.30. The maximum absolute atomic E-state index is 5.93. The Kier molecular flexibility index (Phi) is 3.35. The summed E-state index contributed by atoms with van der Waals surface area (Å²) in [5.41, 5.74) is 9.56. The molecule has 0 saturated heterocycles. The van der Waals surface area contributed by atoms with Gasteiger partial charge in [-0.3, -0.25) is 0 Å². The van der Waals surface area contributed by atoms with Crippen molar-refractivity contribution in [2.24, 2.45) is 0 Å². The van der Waals surface area contributed by atoms with Crippen molar-refractivity contribution in [2.45, 2.75) is 0 Å². The van der Waals surface area contributed by atoms with Crippen LogP contribution in [0.15, 0.2) is 60.7 Å². The van der Waals surface area contributed by atoms with Gasteiger partial charge in [-0.1, -0.05) is 54.1 Å². The van der Waals surface area contributed by atoms with Crippen molar-refractivity contribution in [1.82, 2.24) is 10.2 Å². The molecule has 0 fully saturated rings. The second-order valence-corrected chi connectivity index (χ2v) is 4.84. The van der Waals surface area contributed by atoms with Gasteiger partial charge in [-0.05, 0) is 23.8 Å². The molecule has 4 heteroatoms. The molecule has 1 heterocycles. The molecule has 0 aliphatic heterocycles. The maximum atomic E-state index is 5.93. The van der Waals surface area contributed by atoms with Crippen molar-refractivity contribution in [3.05, 3.63) is 65.7 Å². The lowest BCUT2D eigenvalue weighted by molar-refractivity contribution is 1.05. The first-order chi connectivity index (χ1) is 9.74. The van der Waals surface area contributed by atoms with E-state index in [0.29, 0.717) is 10.8 Å². The van der Waals surface area contributed by atoms with Crippen LogP contribution >= 0.6 is 11.6 Å². The van der Waals surface area contributed by atoms with Crippen molar-refractivity contribution in [1.29, 1.82) is 0 Å². The molecule has 0 amide bonds. The third-order valence-corrected chi connectivity index (χ3v) is 3.30. The zero-order valence-corrected chi connectivity index (χ0v) is 11.4. The zero-order chi connectivity index (χ0) is 13.9. The molecule has 0 aliphatic rings. The molecule has 0 radical (unpaired) electrons. The highest BCUT2D eigenvalue weighted by atomic mass is 35.5. The Morgan fingerprint density at radius 2 is 1.50 bits per heavy atom. The molecule has 3 rings (SSSR count). The molecule has 0 aliphatic carbocycles. The number of halogens is 1. The van der Waals surface area contributed by atoms with Gasteiger partial charge in [-0.15, -0.1) is 10.2 Å². The van der Waals surface area contributed by atoms with Gasteiger partial charge in [0.1, 0.15) is 0 Å². The highest BCUT2D eigenvalue weighted by Gasteiger charge is 2.08. The van der Waals surface area contributed by atoms with Crippen LogP contribution in [0.25, 0.3) is 22.4 Å². The molecule has 0 spiro atoms. The Bertz CT molecular complexity index is 724. The Morgan fingerprint density at radius 3 is 2.20 bits per heavy atom. The fourth-order valence-corrected chi connectivity index (χ4v) is 2.14. The molecule has 2 aromatic carbocycles. The number of aromatic nitrogens is 2. The number of nitrogens with zero attached hydrogens (tertiary/aromatic N) is 2. The van der Waals surface area contributed by atoms with Crippen LogP contribution in [0.4, 0.5) is 5.82 Å². The van der Waals surface area contributed by atoms with Gasteiger partial charge >= 0.3 is 0 Å². The lowest BCUT2D eigenvalue weighted by Crippen LogP contribution is -1.98. The molecule has 20 heavy (non-hydrogen) atoms. The van der Waals surface area contributed by atoms with Crippen molar-refractivity contribution >= 4 is 17.4 Å². The number of rotatable bonds is 2. The molecule has 0 unspecified atom stereocenters. The van der Waals surface area contributed by atoms with Crippen LogP contribution in [0, 0.1) is 0 Å². The lowest BCUT2D eigenvalue weighted by atomic mass is 10.0. The number of nitrogens with two attached hydrogens (primary N) is 1. The minimum absolute atomic E-state index is 0.409. The summed E-state index contributed by atoms with van der Waals surface area (Å²) in [5.74, 6) is 0.409. The summed E-state index contributed by atoms with van der Waals surface area (Å²) in [4.78, 5) is 0. The minimum atomic E-state index is 0.409. The summed E-state index contributed by atoms with van der Waals surface area (Å²) in [6, 6.07) is 19.3. The number of hydrogen-bond acceptors (Lipinski definition) is 3. The molecular formula is C16H12ClN3. The van der Waals surface area contributed by atoms with Crippen LogP contribution in [0.5, 0.6) is 0 Å². The van der Waals surface area contributed by atoms with E-state index in [4.69, 9.17) is 17.3 Å². The van der Waals surface area contributed by atoms with E-state index in [9.17, 15) is 0 Å². The molecule has 98 valence electrons. The van der Waals surface area contributed by atoms with E-state index in [1.807, 2.05) is 60.7 Å². The third-order valence-electron chi connectivity index (χ3n) is 3.05. The van der Waals surface area contributed by atoms with Gasteiger partial charge in [0.05, 0.1) is 5.69 Å². The van der Waals surface area contributed by atoms with Crippen LogP contribution in [0.2, 0.25) is 5.02 Å². The predicted molar refractivity (Wildman–Crippen MR) is 82.3 cm³/mol. The molecule has 3 nitrogen and oxygen atoms in total. The van der Waals surface area contributed by atoms with Crippen LogP contribution in [-0.4, -0.2) is 10.2 Å². The van der Waals surface area contributed by atoms with E-state index < -0.39 is 0 Å². The first kappa shape index (κ1) is 12.6. The fourth-order valence-electron chi connectivity index (χ4n) is 2.01. The van der Waals surface area contributed by atoms with Crippen LogP contribution in [0.3, 0.4) is 0 Å². The Hall–Kier alpha value is -2.39. The van der Waals surface area contributed by atoms with Gasteiger partial charge in [0.25, 0.3) is 0 Å². The smallest absolute Gasteiger partial charge is 0.154 e. The number of hydrogen-bond donors (Lipinski definition) is 1. The molecule has 3 aromatic rings. The summed E-state index contributed by atoms with van der Waals surface area (Å²) in [6.45, 7) is 0. The van der Waals surface area contributed by atoms with Gasteiger partial charge in [-0.25, -0.2) is 0 Å². The molecule has 0 atom stereocenters.